The van der Waals surface area contributed by atoms with Gasteiger partial charge in [0, 0.05) is 18.8 Å². The summed E-state index contributed by atoms with van der Waals surface area (Å²) < 4.78 is 0. The van der Waals surface area contributed by atoms with Crippen molar-refractivity contribution in [3.8, 4) is 0 Å². The van der Waals surface area contributed by atoms with E-state index in [0.717, 1.165) is 13.1 Å². The lowest BCUT2D eigenvalue weighted by Crippen LogP contribution is -2.33. The fourth-order valence-corrected chi connectivity index (χ4v) is 3.84. The third kappa shape index (κ3) is 15.7. The third-order valence-corrected chi connectivity index (χ3v) is 6.16. The minimum absolute atomic E-state index is 0.692. The number of benzene rings is 1. The van der Waals surface area contributed by atoms with E-state index < -0.39 is 0 Å². The molecule has 0 aliphatic carbocycles. The Kier molecular flexibility index (Phi) is 21.9. The predicted molar refractivity (Wildman–Crippen MR) is 168 cm³/mol. The van der Waals surface area contributed by atoms with Gasteiger partial charge in [0.2, 0.25) is 0 Å². The Morgan fingerprint density at radius 2 is 1.42 bits per heavy atom. The number of likely N-dealkylation sites (tertiary alicyclic amines) is 1. The van der Waals surface area contributed by atoms with E-state index in [4.69, 9.17) is 0 Å². The number of allylic oxidation sites excluding steroid dienone is 7. The van der Waals surface area contributed by atoms with E-state index in [0.29, 0.717) is 5.92 Å². The number of hydrogen-bond acceptors (Lipinski definition) is 1. The van der Waals surface area contributed by atoms with Crippen LogP contribution in [-0.2, 0) is 6.42 Å². The number of nitrogens with zero attached hydrogens (tertiary/aromatic N) is 1. The van der Waals surface area contributed by atoms with Gasteiger partial charge in [-0.25, -0.2) is 0 Å². The first-order chi connectivity index (χ1) is 17.1. The molecule has 0 unspecified atom stereocenters. The second-order valence-corrected chi connectivity index (χ2v) is 9.69. The van der Waals surface area contributed by atoms with Crippen molar-refractivity contribution in [3.63, 3.8) is 0 Å². The van der Waals surface area contributed by atoms with Gasteiger partial charge in [0.05, 0.1) is 0 Å². The van der Waals surface area contributed by atoms with E-state index >= 15 is 0 Å². The summed E-state index contributed by atoms with van der Waals surface area (Å²) in [5, 5.41) is 0. The average molecular weight is 494 g/mol. The van der Waals surface area contributed by atoms with Crippen molar-refractivity contribution < 1.29 is 0 Å². The summed E-state index contributed by atoms with van der Waals surface area (Å²) in [7, 11) is 0. The standard InChI is InChI=1S/C20H31N.C10H14.C3H8.C2H6/c1-8-9-16(4)17(5)14-18(6)19(7)21-12-10-20(11-13-21)15(2)3;1-3-4-10-7-5-9(2)6-8-10;1-3-2;1-2/h8-9,14,20H,2,7,10-13H2,1,3-6H3;5-8H,3-4H2,1-2H3;3H2,1-2H3;1-2H3/b9-8-,17-16+,18-14+;;;. The maximum atomic E-state index is 4.30. The lowest BCUT2D eigenvalue weighted by atomic mass is 9.90. The molecule has 0 bridgehead atoms. The van der Waals surface area contributed by atoms with E-state index in [2.05, 4.69) is 123 Å². The van der Waals surface area contributed by atoms with Crippen LogP contribution in [0.15, 0.2) is 83.6 Å². The molecule has 0 radical (unpaired) electrons. The average Bonchev–Trinajstić information content (AvgIpc) is 2.87. The second kappa shape index (κ2) is 22.0. The number of rotatable bonds is 7. The molecular formula is C35H59N. The maximum Gasteiger partial charge on any atom is 0.0322 e. The van der Waals surface area contributed by atoms with E-state index in [9.17, 15) is 0 Å². The molecule has 1 saturated heterocycles. The fraction of sp³-hybridized carbons (Fsp3) is 0.543. The van der Waals surface area contributed by atoms with Gasteiger partial charge >= 0.3 is 0 Å². The SMILES string of the molecule is C=C(C)C1CCN(C(=C)/C(C)=C/C(C)=C(C)/C=C\C)CC1.CC.CCC.CCCc1ccc(C)cc1. The highest BCUT2D eigenvalue weighted by Gasteiger charge is 2.20. The molecule has 1 aliphatic rings. The first-order valence-corrected chi connectivity index (χ1v) is 14.2. The zero-order valence-corrected chi connectivity index (χ0v) is 25.9. The van der Waals surface area contributed by atoms with Crippen LogP contribution in [-0.4, -0.2) is 18.0 Å². The fourth-order valence-electron chi connectivity index (χ4n) is 3.84. The van der Waals surface area contributed by atoms with Gasteiger partial charge in [-0.15, -0.1) is 0 Å². The Morgan fingerprint density at radius 3 is 1.83 bits per heavy atom. The molecule has 0 amide bonds. The Balaban J connectivity index is 0. The molecule has 2 rings (SSSR count). The van der Waals surface area contributed by atoms with Crippen molar-refractivity contribution in [2.45, 2.75) is 108 Å². The quantitative estimate of drug-likeness (QED) is 0.269. The first kappa shape index (κ1) is 35.9. The summed E-state index contributed by atoms with van der Waals surface area (Å²) in [5.41, 5.74) is 9.18. The summed E-state index contributed by atoms with van der Waals surface area (Å²) in [6.07, 6.45) is 12.6. The highest BCUT2D eigenvalue weighted by atomic mass is 15.1. The summed E-state index contributed by atoms with van der Waals surface area (Å²) in [6.45, 7) is 33.9. The van der Waals surface area contributed by atoms with Crippen LogP contribution < -0.4 is 0 Å². The summed E-state index contributed by atoms with van der Waals surface area (Å²) in [6, 6.07) is 8.76. The Bertz CT molecular complexity index is 809. The number of hydrogen-bond donors (Lipinski definition) is 0. The number of piperidine rings is 1. The van der Waals surface area contributed by atoms with Crippen molar-refractivity contribution in [2.24, 2.45) is 5.92 Å². The number of aryl methyl sites for hydroxylation is 2. The molecule has 1 heterocycles. The van der Waals surface area contributed by atoms with Gasteiger partial charge in [0.1, 0.15) is 0 Å². The molecule has 1 aromatic rings. The molecule has 1 aliphatic heterocycles. The van der Waals surface area contributed by atoms with Crippen LogP contribution in [0.2, 0.25) is 0 Å². The van der Waals surface area contributed by atoms with Gasteiger partial charge < -0.3 is 4.90 Å². The summed E-state index contributed by atoms with van der Waals surface area (Å²) in [4.78, 5) is 2.42. The smallest absolute Gasteiger partial charge is 0.0322 e. The Labute approximate surface area is 226 Å². The third-order valence-electron chi connectivity index (χ3n) is 6.16. The predicted octanol–water partition coefficient (Wildman–Crippen LogP) is 11.0. The second-order valence-electron chi connectivity index (χ2n) is 9.69. The van der Waals surface area contributed by atoms with E-state index in [1.54, 1.807) is 0 Å². The van der Waals surface area contributed by atoms with Crippen LogP contribution in [0.5, 0.6) is 0 Å². The van der Waals surface area contributed by atoms with Crippen LogP contribution in [0.3, 0.4) is 0 Å². The van der Waals surface area contributed by atoms with Gasteiger partial charge in [-0.05, 0) is 89.0 Å². The zero-order chi connectivity index (χ0) is 28.1. The van der Waals surface area contributed by atoms with Crippen LogP contribution in [0.4, 0.5) is 0 Å². The van der Waals surface area contributed by atoms with Crippen molar-refractivity contribution >= 4 is 0 Å². The van der Waals surface area contributed by atoms with Crippen molar-refractivity contribution in [1.29, 1.82) is 0 Å². The lowest BCUT2D eigenvalue weighted by Gasteiger charge is -2.35. The van der Waals surface area contributed by atoms with Crippen LogP contribution in [0.25, 0.3) is 0 Å². The first-order valence-electron chi connectivity index (χ1n) is 14.2. The van der Waals surface area contributed by atoms with Crippen LogP contribution >= 0.6 is 0 Å². The molecular weight excluding hydrogens is 434 g/mol. The molecule has 0 atom stereocenters. The van der Waals surface area contributed by atoms with E-state index in [-0.39, 0.29) is 0 Å². The van der Waals surface area contributed by atoms with Crippen molar-refractivity contribution in [3.05, 3.63) is 94.8 Å². The summed E-state index contributed by atoms with van der Waals surface area (Å²) >= 11 is 0. The molecule has 0 aromatic heterocycles. The maximum absolute atomic E-state index is 4.30. The summed E-state index contributed by atoms with van der Waals surface area (Å²) in [5.74, 6) is 0.692. The minimum Gasteiger partial charge on any atom is -0.372 e. The van der Waals surface area contributed by atoms with Gasteiger partial charge in [0.15, 0.2) is 0 Å². The molecule has 0 saturated carbocycles. The molecule has 1 aromatic carbocycles. The zero-order valence-electron chi connectivity index (χ0n) is 25.9. The van der Waals surface area contributed by atoms with Gasteiger partial charge in [-0.1, -0.05) is 114 Å². The van der Waals surface area contributed by atoms with Crippen LogP contribution in [0.1, 0.15) is 106 Å². The Morgan fingerprint density at radius 1 is 0.917 bits per heavy atom. The van der Waals surface area contributed by atoms with Gasteiger partial charge in [0.25, 0.3) is 0 Å². The van der Waals surface area contributed by atoms with E-state index in [1.165, 1.54) is 71.2 Å². The molecule has 0 N–H and O–H groups in total. The molecule has 1 nitrogen and oxygen atoms in total. The van der Waals surface area contributed by atoms with Crippen molar-refractivity contribution in [1.82, 2.24) is 4.90 Å². The Hall–Kier alpha value is -2.28. The molecule has 0 spiro atoms. The van der Waals surface area contributed by atoms with Crippen molar-refractivity contribution in [2.75, 3.05) is 13.1 Å². The van der Waals surface area contributed by atoms with Gasteiger partial charge in [-0.2, -0.15) is 0 Å². The molecule has 204 valence electrons. The topological polar surface area (TPSA) is 3.24 Å². The molecule has 36 heavy (non-hydrogen) atoms. The monoisotopic (exact) mass is 493 g/mol. The highest BCUT2D eigenvalue weighted by molar-refractivity contribution is 5.37. The molecule has 1 heteroatoms. The highest BCUT2D eigenvalue weighted by Crippen LogP contribution is 2.27. The normalized spacial score (nSPS) is 14.4. The minimum atomic E-state index is 0.692. The molecule has 1 fully saturated rings. The lowest BCUT2D eigenvalue weighted by molar-refractivity contribution is 0.250. The van der Waals surface area contributed by atoms with Crippen LogP contribution in [0, 0.1) is 12.8 Å². The van der Waals surface area contributed by atoms with E-state index in [1.807, 2.05) is 13.8 Å². The largest absolute Gasteiger partial charge is 0.372 e. The van der Waals surface area contributed by atoms with Gasteiger partial charge in [-0.3, -0.25) is 0 Å².